The van der Waals surface area contributed by atoms with Crippen LogP contribution in [0.15, 0.2) is 41.7 Å². The van der Waals surface area contributed by atoms with Gasteiger partial charge in [0.15, 0.2) is 0 Å². The zero-order valence-corrected chi connectivity index (χ0v) is 14.4. The number of carbonyl (C=O) groups excluding carboxylic acids is 2. The van der Waals surface area contributed by atoms with Gasteiger partial charge in [-0.2, -0.15) is 0 Å². The molecule has 0 radical (unpaired) electrons. The maximum absolute atomic E-state index is 12.7. The fourth-order valence-corrected chi connectivity index (χ4v) is 3.37. The van der Waals surface area contributed by atoms with E-state index in [1.165, 1.54) is 18.3 Å². The minimum Gasteiger partial charge on any atom is -0.484 e. The van der Waals surface area contributed by atoms with Crippen molar-refractivity contribution in [2.24, 2.45) is 11.6 Å². The van der Waals surface area contributed by atoms with Crippen molar-refractivity contribution in [2.75, 3.05) is 13.7 Å². The zero-order valence-electron chi connectivity index (χ0n) is 14.4. The first-order chi connectivity index (χ1) is 11.8. The van der Waals surface area contributed by atoms with Crippen molar-refractivity contribution in [3.05, 3.63) is 52.9 Å². The molecule has 2 aliphatic rings. The van der Waals surface area contributed by atoms with Crippen LogP contribution in [0.4, 0.5) is 0 Å². The van der Waals surface area contributed by atoms with E-state index in [9.17, 15) is 9.59 Å². The number of nitrogens with two attached hydrogens (primary N) is 2. The number of hydrogen-bond donors (Lipinski definition) is 2. The highest BCUT2D eigenvalue weighted by molar-refractivity contribution is 6.52. The van der Waals surface area contributed by atoms with Crippen molar-refractivity contribution in [3.63, 3.8) is 0 Å². The third kappa shape index (κ3) is 2.71. The second-order valence-electron chi connectivity index (χ2n) is 6.64. The van der Waals surface area contributed by atoms with Gasteiger partial charge in [0, 0.05) is 24.4 Å². The average molecular weight is 343 g/mol. The molecule has 1 atom stereocenters. The largest absolute Gasteiger partial charge is 0.484 e. The summed E-state index contributed by atoms with van der Waals surface area (Å²) in [6.07, 6.45) is 1.49. The first-order valence-electron chi connectivity index (χ1n) is 7.87. The van der Waals surface area contributed by atoms with Crippen molar-refractivity contribution in [3.8, 4) is 0 Å². The van der Waals surface area contributed by atoms with E-state index >= 15 is 0 Å². The maximum Gasteiger partial charge on any atom is 0.235 e. The lowest BCUT2D eigenvalue weighted by atomic mass is 9.83. The molecule has 1 aromatic rings. The van der Waals surface area contributed by atoms with Gasteiger partial charge in [0.05, 0.1) is 17.9 Å². The first-order valence-corrected chi connectivity index (χ1v) is 7.87. The topological polar surface area (TPSA) is 108 Å². The molecule has 1 unspecified atom stereocenters. The minimum atomic E-state index is -0.823. The normalized spacial score (nSPS) is 21.8. The first kappa shape index (κ1) is 17.2. The third-order valence-corrected chi connectivity index (χ3v) is 4.33. The van der Waals surface area contributed by atoms with Crippen LogP contribution in [-0.2, 0) is 14.3 Å². The van der Waals surface area contributed by atoms with E-state index in [0.29, 0.717) is 22.6 Å². The molecule has 25 heavy (non-hydrogen) atoms. The van der Waals surface area contributed by atoms with Gasteiger partial charge in [-0.15, -0.1) is 0 Å². The van der Waals surface area contributed by atoms with Crippen molar-refractivity contribution < 1.29 is 19.1 Å². The molecule has 1 aromatic carbocycles. The molecular formula is C18H21N3O4. The van der Waals surface area contributed by atoms with Gasteiger partial charge in [0.2, 0.25) is 11.6 Å². The molecule has 1 heterocycles. The number of hydrogen-bond acceptors (Lipinski definition) is 7. The quantitative estimate of drug-likeness (QED) is 0.476. The summed E-state index contributed by atoms with van der Waals surface area (Å²) in [5.74, 6) is 5.42. The minimum absolute atomic E-state index is 0.198. The van der Waals surface area contributed by atoms with Gasteiger partial charge in [0.25, 0.3) is 0 Å². The number of methoxy groups -OCH3 is 1. The number of ketones is 2. The Hall–Kier alpha value is -2.64. The summed E-state index contributed by atoms with van der Waals surface area (Å²) in [7, 11) is 1.52. The molecule has 132 valence electrons. The molecule has 0 fully saturated rings. The number of Topliss-reactive ketones (excluding diaryl/α,β-unsaturated/α-hetero) is 2. The molecule has 0 bridgehead atoms. The number of hydrazine groups is 1. The van der Waals surface area contributed by atoms with E-state index in [4.69, 9.17) is 21.1 Å². The van der Waals surface area contributed by atoms with E-state index in [1.54, 1.807) is 24.3 Å². The summed E-state index contributed by atoms with van der Waals surface area (Å²) in [5.41, 5.74) is 6.64. The van der Waals surface area contributed by atoms with Crippen LogP contribution in [0.3, 0.4) is 0 Å². The predicted octanol–water partition coefficient (Wildman–Crippen LogP) is 0.963. The van der Waals surface area contributed by atoms with Gasteiger partial charge in [-0.05, 0) is 13.8 Å². The zero-order chi connectivity index (χ0) is 18.4. The van der Waals surface area contributed by atoms with Crippen LogP contribution in [0, 0.1) is 0 Å². The van der Waals surface area contributed by atoms with E-state index in [2.05, 4.69) is 0 Å². The number of ether oxygens (including phenoxy) is 2. The molecule has 0 saturated heterocycles. The summed E-state index contributed by atoms with van der Waals surface area (Å²) >= 11 is 0. The highest BCUT2D eigenvalue weighted by Gasteiger charge is 2.52. The van der Waals surface area contributed by atoms with E-state index in [-0.39, 0.29) is 12.2 Å². The fourth-order valence-electron chi connectivity index (χ4n) is 3.37. The number of benzene rings is 1. The number of fused-ring (bicyclic) bond motifs is 2. The molecular weight excluding hydrogens is 322 g/mol. The third-order valence-electron chi connectivity index (χ3n) is 4.33. The van der Waals surface area contributed by atoms with Gasteiger partial charge in [-0.1, -0.05) is 24.3 Å². The standard InChI is InChI=1S/C18H21N3O4/c1-18(2)17(21(20)8-10(19)9-24-3)13-15(23)14(22)11-6-4-5-7-12(11)16(13)25-18/h4-8,17H,9,19-20H2,1-3H3/b10-8-. The summed E-state index contributed by atoms with van der Waals surface area (Å²) in [6, 6.07) is 6.26. The molecule has 0 aromatic heterocycles. The Bertz CT molecular complexity index is 810. The van der Waals surface area contributed by atoms with Crippen molar-refractivity contribution in [1.29, 1.82) is 0 Å². The Morgan fingerprint density at radius 3 is 2.56 bits per heavy atom. The lowest BCUT2D eigenvalue weighted by Crippen LogP contribution is -2.51. The Kier molecular flexibility index (Phi) is 4.14. The lowest BCUT2D eigenvalue weighted by molar-refractivity contribution is -0.112. The smallest absolute Gasteiger partial charge is 0.235 e. The highest BCUT2D eigenvalue weighted by Crippen LogP contribution is 2.45. The molecule has 0 amide bonds. The monoisotopic (exact) mass is 343 g/mol. The van der Waals surface area contributed by atoms with Gasteiger partial charge in [0.1, 0.15) is 17.4 Å². The summed E-state index contributed by atoms with van der Waals surface area (Å²) in [5, 5.41) is 1.32. The van der Waals surface area contributed by atoms with Crippen LogP contribution in [0.2, 0.25) is 0 Å². The molecule has 7 nitrogen and oxygen atoms in total. The van der Waals surface area contributed by atoms with Crippen molar-refractivity contribution >= 4 is 17.3 Å². The summed E-state index contributed by atoms with van der Waals surface area (Å²) in [4.78, 5) is 25.2. The van der Waals surface area contributed by atoms with Crippen LogP contribution in [0.25, 0.3) is 5.76 Å². The predicted molar refractivity (Wildman–Crippen MR) is 91.8 cm³/mol. The van der Waals surface area contributed by atoms with Crippen LogP contribution >= 0.6 is 0 Å². The second kappa shape index (κ2) is 6.02. The van der Waals surface area contributed by atoms with Gasteiger partial charge in [-0.25, -0.2) is 5.84 Å². The summed E-state index contributed by atoms with van der Waals surface area (Å²) < 4.78 is 11.0. The Morgan fingerprint density at radius 2 is 1.92 bits per heavy atom. The van der Waals surface area contributed by atoms with Crippen molar-refractivity contribution in [1.82, 2.24) is 5.01 Å². The SMILES string of the molecule is COC/C(N)=C/N(N)C1C2=C(OC1(C)C)c1ccccc1C(=O)C2=O. The Labute approximate surface area is 145 Å². The highest BCUT2D eigenvalue weighted by atomic mass is 16.5. The number of rotatable bonds is 4. The molecule has 0 saturated carbocycles. The molecule has 1 aliphatic carbocycles. The number of nitrogens with zero attached hydrogens (tertiary/aromatic N) is 1. The van der Waals surface area contributed by atoms with E-state index in [1.807, 2.05) is 13.8 Å². The van der Waals surface area contributed by atoms with E-state index < -0.39 is 23.2 Å². The molecule has 1 aliphatic heterocycles. The van der Waals surface area contributed by atoms with E-state index in [0.717, 1.165) is 0 Å². The molecule has 7 heteroatoms. The molecule has 4 N–H and O–H groups in total. The van der Waals surface area contributed by atoms with Crippen LogP contribution in [0.1, 0.15) is 29.8 Å². The Balaban J connectivity index is 2.11. The fraction of sp³-hybridized carbons (Fsp3) is 0.333. The molecule has 0 spiro atoms. The van der Waals surface area contributed by atoms with Gasteiger partial charge >= 0.3 is 0 Å². The number of carbonyl (C=O) groups is 2. The lowest BCUT2D eigenvalue weighted by Gasteiger charge is -2.33. The van der Waals surface area contributed by atoms with Crippen LogP contribution in [0.5, 0.6) is 0 Å². The van der Waals surface area contributed by atoms with Crippen LogP contribution in [-0.4, -0.2) is 41.9 Å². The Morgan fingerprint density at radius 1 is 1.28 bits per heavy atom. The van der Waals surface area contributed by atoms with Crippen LogP contribution < -0.4 is 11.6 Å². The van der Waals surface area contributed by atoms with Gasteiger partial charge in [-0.3, -0.25) is 9.59 Å². The average Bonchev–Trinajstić information content (AvgIpc) is 2.84. The van der Waals surface area contributed by atoms with Crippen molar-refractivity contribution in [2.45, 2.75) is 25.5 Å². The summed E-state index contributed by atoms with van der Waals surface area (Å²) in [6.45, 7) is 3.83. The maximum atomic E-state index is 12.7. The van der Waals surface area contributed by atoms with Gasteiger partial charge < -0.3 is 20.2 Å². The second-order valence-corrected chi connectivity index (χ2v) is 6.64. The molecule has 3 rings (SSSR count).